The topological polar surface area (TPSA) is 65.0 Å². The predicted molar refractivity (Wildman–Crippen MR) is 58.1 cm³/mol. The Morgan fingerprint density at radius 2 is 1.79 bits per heavy atom. The number of carboxylic acid groups (broad SMARTS) is 1. The van der Waals surface area contributed by atoms with Crippen molar-refractivity contribution in [3.05, 3.63) is 17.7 Å². The van der Waals surface area contributed by atoms with Crippen molar-refractivity contribution in [3.8, 4) is 17.2 Å². The zero-order valence-electron chi connectivity index (χ0n) is 10.1. The van der Waals surface area contributed by atoms with Crippen molar-refractivity contribution in [1.82, 2.24) is 0 Å². The Kier molecular flexibility index (Phi) is 4.47. The largest absolute Gasteiger partial charge is 0.493 e. The Hall–Kier alpha value is -2.12. The van der Waals surface area contributed by atoms with E-state index in [4.69, 9.17) is 14.6 Å². The first-order chi connectivity index (χ1) is 8.78. The van der Waals surface area contributed by atoms with Gasteiger partial charge in [-0.2, -0.15) is 13.2 Å². The van der Waals surface area contributed by atoms with Gasteiger partial charge < -0.3 is 19.3 Å². The summed E-state index contributed by atoms with van der Waals surface area (Å²) in [5, 5.41) is 8.85. The van der Waals surface area contributed by atoms with Crippen LogP contribution in [0.4, 0.5) is 13.2 Å². The van der Waals surface area contributed by atoms with E-state index < -0.39 is 18.8 Å². The highest BCUT2D eigenvalue weighted by molar-refractivity contribution is 5.89. The van der Waals surface area contributed by atoms with E-state index in [2.05, 4.69) is 4.74 Å². The van der Waals surface area contributed by atoms with Gasteiger partial charge in [-0.3, -0.25) is 0 Å². The molecule has 0 radical (unpaired) electrons. The number of rotatable bonds is 5. The Balaban J connectivity index is 3.18. The van der Waals surface area contributed by atoms with E-state index in [1.807, 2.05) is 0 Å². The summed E-state index contributed by atoms with van der Waals surface area (Å²) in [5.74, 6) is -1.80. The third-order valence-corrected chi connectivity index (χ3v) is 2.08. The zero-order valence-corrected chi connectivity index (χ0v) is 10.1. The molecule has 0 aliphatic carbocycles. The van der Waals surface area contributed by atoms with Gasteiger partial charge in [-0.1, -0.05) is 0 Å². The van der Waals surface area contributed by atoms with Crippen LogP contribution in [0.15, 0.2) is 12.1 Å². The molecule has 1 rings (SSSR count). The van der Waals surface area contributed by atoms with Crippen LogP contribution < -0.4 is 14.2 Å². The minimum Gasteiger partial charge on any atom is -0.493 e. The first-order valence-corrected chi connectivity index (χ1v) is 4.97. The number of carboxylic acids is 1. The van der Waals surface area contributed by atoms with Crippen LogP contribution >= 0.6 is 0 Å². The highest BCUT2D eigenvalue weighted by Gasteiger charge is 2.29. The number of hydrogen-bond donors (Lipinski definition) is 1. The fourth-order valence-electron chi connectivity index (χ4n) is 1.32. The molecule has 19 heavy (non-hydrogen) atoms. The molecule has 0 heterocycles. The van der Waals surface area contributed by atoms with Crippen molar-refractivity contribution >= 4 is 5.97 Å². The number of methoxy groups -OCH3 is 2. The molecular weight excluding hydrogens is 269 g/mol. The van der Waals surface area contributed by atoms with E-state index in [0.717, 1.165) is 12.1 Å². The quantitative estimate of drug-likeness (QED) is 0.896. The molecule has 5 nitrogen and oxygen atoms in total. The Labute approximate surface area is 106 Å². The fourth-order valence-corrected chi connectivity index (χ4v) is 1.32. The highest BCUT2D eigenvalue weighted by Crippen LogP contribution is 2.39. The van der Waals surface area contributed by atoms with Crippen molar-refractivity contribution in [2.75, 3.05) is 20.8 Å². The van der Waals surface area contributed by atoms with Crippen LogP contribution in [0.5, 0.6) is 17.2 Å². The molecule has 0 aliphatic rings. The minimum absolute atomic E-state index is 0.0282. The highest BCUT2D eigenvalue weighted by atomic mass is 19.4. The van der Waals surface area contributed by atoms with Gasteiger partial charge in [0.25, 0.3) is 0 Å². The molecule has 0 atom stereocenters. The normalized spacial score (nSPS) is 11.0. The maximum atomic E-state index is 12.1. The van der Waals surface area contributed by atoms with Gasteiger partial charge in [0.15, 0.2) is 18.1 Å². The number of benzene rings is 1. The minimum atomic E-state index is -4.54. The van der Waals surface area contributed by atoms with Crippen LogP contribution in [0.25, 0.3) is 0 Å². The molecule has 1 N–H and O–H groups in total. The summed E-state index contributed by atoms with van der Waals surface area (Å²) in [6, 6.07) is 2.07. The molecule has 1 aromatic rings. The molecule has 106 valence electrons. The third kappa shape index (κ3) is 3.94. The van der Waals surface area contributed by atoms with Crippen LogP contribution in [0.1, 0.15) is 10.4 Å². The van der Waals surface area contributed by atoms with Gasteiger partial charge in [-0.05, 0) is 12.1 Å². The molecular formula is C11H11F3O5. The maximum Gasteiger partial charge on any atom is 0.422 e. The number of halogens is 3. The van der Waals surface area contributed by atoms with E-state index in [9.17, 15) is 18.0 Å². The van der Waals surface area contributed by atoms with Crippen molar-refractivity contribution in [2.24, 2.45) is 0 Å². The number of hydrogen-bond acceptors (Lipinski definition) is 4. The Morgan fingerprint density at radius 1 is 1.21 bits per heavy atom. The molecule has 8 heteroatoms. The maximum absolute atomic E-state index is 12.1. The lowest BCUT2D eigenvalue weighted by atomic mass is 10.2. The standard InChI is InChI=1S/C11H11F3O5/c1-17-7-3-6(10(15)16)4-8(9(7)18-2)19-5-11(12,13)14/h3-4H,5H2,1-2H3,(H,15,16). The number of carbonyl (C=O) groups is 1. The van der Waals surface area contributed by atoms with Gasteiger partial charge in [0, 0.05) is 0 Å². The predicted octanol–water partition coefficient (Wildman–Crippen LogP) is 2.34. The van der Waals surface area contributed by atoms with Gasteiger partial charge in [-0.15, -0.1) is 0 Å². The van der Waals surface area contributed by atoms with E-state index in [0.29, 0.717) is 0 Å². The summed E-state index contributed by atoms with van der Waals surface area (Å²) in [4.78, 5) is 10.8. The molecule has 1 aromatic carbocycles. The summed E-state index contributed by atoms with van der Waals surface area (Å²) in [7, 11) is 2.44. The van der Waals surface area contributed by atoms with Crippen molar-refractivity contribution in [1.29, 1.82) is 0 Å². The fraction of sp³-hybridized carbons (Fsp3) is 0.364. The van der Waals surface area contributed by atoms with Gasteiger partial charge in [0.05, 0.1) is 19.8 Å². The van der Waals surface area contributed by atoms with Gasteiger partial charge in [0.1, 0.15) is 0 Å². The Morgan fingerprint density at radius 3 is 2.21 bits per heavy atom. The number of ether oxygens (including phenoxy) is 3. The summed E-state index contributed by atoms with van der Waals surface area (Å²) in [6.07, 6.45) is -4.54. The lowest BCUT2D eigenvalue weighted by molar-refractivity contribution is -0.153. The Bertz CT molecular complexity index is 470. The zero-order chi connectivity index (χ0) is 14.6. The SMILES string of the molecule is COc1cc(C(=O)O)cc(OCC(F)(F)F)c1OC. The van der Waals surface area contributed by atoms with Crippen LogP contribution in [0, 0.1) is 0 Å². The molecule has 0 aromatic heterocycles. The molecule has 0 fully saturated rings. The first kappa shape index (κ1) is 14.9. The molecule has 0 spiro atoms. The van der Waals surface area contributed by atoms with Crippen LogP contribution in [0.2, 0.25) is 0 Å². The summed E-state index contributed by atoms with van der Waals surface area (Å²) in [6.45, 7) is -1.56. The summed E-state index contributed by atoms with van der Waals surface area (Å²) >= 11 is 0. The molecule has 0 bridgehead atoms. The second-order valence-corrected chi connectivity index (χ2v) is 3.42. The van der Waals surface area contributed by atoms with Gasteiger partial charge in [0.2, 0.25) is 5.75 Å². The van der Waals surface area contributed by atoms with Crippen LogP contribution in [-0.4, -0.2) is 38.1 Å². The van der Waals surface area contributed by atoms with Crippen molar-refractivity contribution in [3.63, 3.8) is 0 Å². The molecule has 0 saturated heterocycles. The summed E-state index contributed by atoms with van der Waals surface area (Å²) < 4.78 is 50.6. The monoisotopic (exact) mass is 280 g/mol. The number of aromatic carboxylic acids is 1. The second-order valence-electron chi connectivity index (χ2n) is 3.42. The first-order valence-electron chi connectivity index (χ1n) is 4.97. The van der Waals surface area contributed by atoms with Crippen molar-refractivity contribution in [2.45, 2.75) is 6.18 Å². The van der Waals surface area contributed by atoms with E-state index in [1.54, 1.807) is 0 Å². The van der Waals surface area contributed by atoms with E-state index in [-0.39, 0.29) is 22.8 Å². The molecule has 0 unspecified atom stereocenters. The van der Waals surface area contributed by atoms with Crippen LogP contribution in [-0.2, 0) is 0 Å². The smallest absolute Gasteiger partial charge is 0.422 e. The lowest BCUT2D eigenvalue weighted by Gasteiger charge is -2.15. The van der Waals surface area contributed by atoms with Gasteiger partial charge >= 0.3 is 12.1 Å². The summed E-state index contributed by atoms with van der Waals surface area (Å²) in [5.41, 5.74) is -0.269. The van der Waals surface area contributed by atoms with E-state index in [1.165, 1.54) is 14.2 Å². The molecule has 0 aliphatic heterocycles. The average molecular weight is 280 g/mol. The van der Waals surface area contributed by atoms with E-state index >= 15 is 0 Å². The van der Waals surface area contributed by atoms with Crippen LogP contribution in [0.3, 0.4) is 0 Å². The molecule has 0 amide bonds. The third-order valence-electron chi connectivity index (χ3n) is 2.08. The van der Waals surface area contributed by atoms with Gasteiger partial charge in [-0.25, -0.2) is 4.79 Å². The molecule has 0 saturated carbocycles. The average Bonchev–Trinajstić information content (AvgIpc) is 2.33. The lowest BCUT2D eigenvalue weighted by Crippen LogP contribution is -2.19. The van der Waals surface area contributed by atoms with Crippen molar-refractivity contribution < 1.29 is 37.3 Å². The second kappa shape index (κ2) is 5.68. The number of alkyl halides is 3.